The second-order valence-corrected chi connectivity index (χ2v) is 5.88. The Morgan fingerprint density at radius 1 is 1.14 bits per heavy atom. The highest BCUT2D eigenvalue weighted by Gasteiger charge is 2.10. The van der Waals surface area contributed by atoms with Crippen molar-refractivity contribution in [1.82, 2.24) is 10.0 Å². The minimum Gasteiger partial charge on any atom is -0.496 e. The maximum Gasteiger partial charge on any atom is 0.331 e. The highest BCUT2D eigenvalue weighted by Crippen LogP contribution is 2.29. The van der Waals surface area contributed by atoms with Gasteiger partial charge in [0.15, 0.2) is 0 Å². The Labute approximate surface area is 140 Å². The topological polar surface area (TPSA) is 67.4 Å². The summed E-state index contributed by atoms with van der Waals surface area (Å²) < 4.78 is 8.54. The van der Waals surface area contributed by atoms with Gasteiger partial charge in [-0.05, 0) is 58.2 Å². The monoisotopic (exact) mass is 380 g/mol. The van der Waals surface area contributed by atoms with Crippen LogP contribution in [0.25, 0.3) is 0 Å². The molecular formula is C15H13BrN2O3S. The number of carbonyl (C=O) groups is 2. The lowest BCUT2D eigenvalue weighted by Crippen LogP contribution is -2.36. The molecule has 0 spiro atoms. The summed E-state index contributed by atoms with van der Waals surface area (Å²) in [6.07, 6.45) is 0. The van der Waals surface area contributed by atoms with Crippen LogP contribution in [0.1, 0.15) is 10.4 Å². The first-order chi connectivity index (χ1) is 10.6. The molecule has 0 saturated heterocycles. The minimum atomic E-state index is -0.583. The van der Waals surface area contributed by atoms with E-state index in [1.807, 2.05) is 12.1 Å². The fraction of sp³-hybridized carbons (Fsp3) is 0.0667. The summed E-state index contributed by atoms with van der Waals surface area (Å²) >= 11 is 4.44. The Morgan fingerprint density at radius 2 is 1.86 bits per heavy atom. The van der Waals surface area contributed by atoms with Gasteiger partial charge >= 0.3 is 6.03 Å². The first-order valence-electron chi connectivity index (χ1n) is 6.27. The molecule has 0 aliphatic heterocycles. The van der Waals surface area contributed by atoms with Crippen LogP contribution in [0, 0.1) is 0 Å². The molecule has 0 fully saturated rings. The van der Waals surface area contributed by atoms with Gasteiger partial charge in [-0.2, -0.15) is 0 Å². The van der Waals surface area contributed by atoms with Gasteiger partial charge in [0, 0.05) is 10.5 Å². The van der Waals surface area contributed by atoms with Crippen LogP contribution < -0.4 is 14.8 Å². The van der Waals surface area contributed by atoms with E-state index in [9.17, 15) is 9.59 Å². The smallest absolute Gasteiger partial charge is 0.331 e. The lowest BCUT2D eigenvalue weighted by molar-refractivity contribution is 0.0965. The number of ether oxygens (including phenoxy) is 1. The first-order valence-corrected chi connectivity index (χ1v) is 7.88. The number of carbonyl (C=O) groups excluding carboxylic acids is 2. The van der Waals surface area contributed by atoms with Gasteiger partial charge in [-0.1, -0.05) is 18.2 Å². The zero-order valence-corrected chi connectivity index (χ0v) is 14.0. The molecule has 0 unspecified atom stereocenters. The molecule has 2 N–H and O–H groups in total. The fourth-order valence-corrected chi connectivity index (χ4v) is 2.57. The number of hydrogen-bond donors (Lipinski definition) is 2. The van der Waals surface area contributed by atoms with Crippen molar-refractivity contribution in [2.45, 2.75) is 4.90 Å². The van der Waals surface area contributed by atoms with Crippen LogP contribution in [-0.2, 0) is 0 Å². The molecule has 0 aliphatic rings. The van der Waals surface area contributed by atoms with Crippen molar-refractivity contribution in [2.24, 2.45) is 0 Å². The Hall–Kier alpha value is -1.99. The standard InChI is InChI=1S/C15H13BrN2O3S/c1-21-13-9-11(7-8-12(13)16)22-18-15(20)17-14(19)10-5-3-2-4-6-10/h2-9H,1H3,(H2,17,18,19,20). The normalized spacial score (nSPS) is 9.91. The molecule has 3 amide bonds. The molecule has 0 bridgehead atoms. The Balaban J connectivity index is 1.89. The van der Waals surface area contributed by atoms with E-state index in [4.69, 9.17) is 4.74 Å². The number of benzene rings is 2. The Morgan fingerprint density at radius 3 is 2.55 bits per heavy atom. The highest BCUT2D eigenvalue weighted by molar-refractivity contribution is 9.10. The number of methoxy groups -OCH3 is 1. The highest BCUT2D eigenvalue weighted by atomic mass is 79.9. The number of imide groups is 1. The maximum atomic E-state index is 11.8. The number of halogens is 1. The van der Waals surface area contributed by atoms with Gasteiger partial charge in [0.1, 0.15) is 5.75 Å². The van der Waals surface area contributed by atoms with Crippen molar-refractivity contribution in [3.05, 3.63) is 58.6 Å². The molecule has 2 aromatic rings. The SMILES string of the molecule is COc1cc(SNC(=O)NC(=O)c2ccccc2)ccc1Br. The third kappa shape index (κ3) is 4.51. The summed E-state index contributed by atoms with van der Waals surface area (Å²) in [6, 6.07) is 13.4. The summed E-state index contributed by atoms with van der Waals surface area (Å²) in [4.78, 5) is 24.3. The third-order valence-electron chi connectivity index (χ3n) is 2.65. The van der Waals surface area contributed by atoms with Crippen LogP contribution in [0.5, 0.6) is 5.75 Å². The van der Waals surface area contributed by atoms with Crippen LogP contribution in [0.2, 0.25) is 0 Å². The van der Waals surface area contributed by atoms with Crippen LogP contribution in [0.15, 0.2) is 57.9 Å². The summed E-state index contributed by atoms with van der Waals surface area (Å²) in [5, 5.41) is 2.26. The summed E-state index contributed by atoms with van der Waals surface area (Å²) in [5.41, 5.74) is 0.424. The first kappa shape index (κ1) is 16.4. The van der Waals surface area contributed by atoms with Gasteiger partial charge in [-0.25, -0.2) is 4.79 Å². The molecule has 0 heterocycles. The molecule has 22 heavy (non-hydrogen) atoms. The number of amides is 3. The fourth-order valence-electron chi connectivity index (χ4n) is 1.60. The van der Waals surface area contributed by atoms with Crippen molar-refractivity contribution in [1.29, 1.82) is 0 Å². The molecule has 0 saturated carbocycles. The molecule has 0 aromatic heterocycles. The van der Waals surface area contributed by atoms with Gasteiger partial charge in [0.2, 0.25) is 0 Å². The van der Waals surface area contributed by atoms with Crippen molar-refractivity contribution in [3.63, 3.8) is 0 Å². The van der Waals surface area contributed by atoms with Gasteiger partial charge in [-0.3, -0.25) is 14.8 Å². The van der Waals surface area contributed by atoms with E-state index < -0.39 is 11.9 Å². The van der Waals surface area contributed by atoms with E-state index in [0.29, 0.717) is 11.3 Å². The number of hydrogen-bond acceptors (Lipinski definition) is 4. The summed E-state index contributed by atoms with van der Waals surface area (Å²) in [7, 11) is 1.56. The van der Waals surface area contributed by atoms with E-state index in [1.165, 1.54) is 0 Å². The summed E-state index contributed by atoms with van der Waals surface area (Å²) in [5.74, 6) is 0.208. The summed E-state index contributed by atoms with van der Waals surface area (Å²) in [6.45, 7) is 0. The van der Waals surface area contributed by atoms with Crippen LogP contribution in [-0.4, -0.2) is 19.0 Å². The predicted octanol–water partition coefficient (Wildman–Crippen LogP) is 3.60. The van der Waals surface area contributed by atoms with Crippen LogP contribution >= 0.6 is 27.9 Å². The largest absolute Gasteiger partial charge is 0.496 e. The van der Waals surface area contributed by atoms with Gasteiger partial charge < -0.3 is 4.74 Å². The van der Waals surface area contributed by atoms with Gasteiger partial charge in [-0.15, -0.1) is 0 Å². The Bertz CT molecular complexity index is 680. The number of urea groups is 1. The third-order valence-corrected chi connectivity index (χ3v) is 4.08. The second-order valence-electron chi connectivity index (χ2n) is 4.15. The van der Waals surface area contributed by atoms with E-state index in [0.717, 1.165) is 21.3 Å². The van der Waals surface area contributed by atoms with Crippen LogP contribution in [0.3, 0.4) is 0 Å². The van der Waals surface area contributed by atoms with E-state index in [2.05, 4.69) is 26.0 Å². The quantitative estimate of drug-likeness (QED) is 0.795. The predicted molar refractivity (Wildman–Crippen MR) is 89.0 cm³/mol. The molecule has 7 heteroatoms. The maximum absolute atomic E-state index is 11.8. The average Bonchev–Trinajstić information content (AvgIpc) is 2.55. The van der Waals surface area contributed by atoms with Gasteiger partial charge in [0.05, 0.1) is 11.6 Å². The van der Waals surface area contributed by atoms with E-state index in [1.54, 1.807) is 43.5 Å². The molecule has 2 aromatic carbocycles. The van der Waals surface area contributed by atoms with E-state index in [-0.39, 0.29) is 0 Å². The lowest BCUT2D eigenvalue weighted by Gasteiger charge is -2.08. The minimum absolute atomic E-state index is 0.424. The van der Waals surface area contributed by atoms with Crippen LogP contribution in [0.4, 0.5) is 4.79 Å². The molecule has 0 radical (unpaired) electrons. The zero-order valence-electron chi connectivity index (χ0n) is 11.6. The molecule has 0 aliphatic carbocycles. The lowest BCUT2D eigenvalue weighted by atomic mass is 10.2. The molecule has 2 rings (SSSR count). The van der Waals surface area contributed by atoms with Crippen molar-refractivity contribution >= 4 is 39.8 Å². The molecule has 5 nitrogen and oxygen atoms in total. The van der Waals surface area contributed by atoms with Gasteiger partial charge in [0.25, 0.3) is 5.91 Å². The average molecular weight is 381 g/mol. The molecule has 0 atom stereocenters. The second kappa shape index (κ2) is 7.86. The Kier molecular flexibility index (Phi) is 5.85. The van der Waals surface area contributed by atoms with Crippen molar-refractivity contribution in [2.75, 3.05) is 7.11 Å². The number of rotatable bonds is 4. The van der Waals surface area contributed by atoms with E-state index >= 15 is 0 Å². The molecule has 114 valence electrons. The number of nitrogens with one attached hydrogen (secondary N) is 2. The zero-order chi connectivity index (χ0) is 15.9. The van der Waals surface area contributed by atoms with Crippen molar-refractivity contribution < 1.29 is 14.3 Å². The molecular weight excluding hydrogens is 368 g/mol. The van der Waals surface area contributed by atoms with Crippen molar-refractivity contribution in [3.8, 4) is 5.75 Å².